The third-order valence-electron chi connectivity index (χ3n) is 2.78. The molecule has 0 amide bonds. The van der Waals surface area contributed by atoms with Crippen LogP contribution in [0.2, 0.25) is 0 Å². The first kappa shape index (κ1) is 11.7. The monoisotopic (exact) mass is 237 g/mol. The summed E-state index contributed by atoms with van der Waals surface area (Å²) < 4.78 is 10.9. The Bertz CT molecular complexity index is 444. The van der Waals surface area contributed by atoms with Crippen LogP contribution >= 0.6 is 0 Å². The highest BCUT2D eigenvalue weighted by Crippen LogP contribution is 2.35. The Kier molecular flexibility index (Phi) is 3.19. The van der Waals surface area contributed by atoms with Crippen LogP contribution in [-0.4, -0.2) is 31.3 Å². The minimum absolute atomic E-state index is 0.493. The van der Waals surface area contributed by atoms with Gasteiger partial charge in [0.15, 0.2) is 11.5 Å². The first-order valence-corrected chi connectivity index (χ1v) is 5.43. The summed E-state index contributed by atoms with van der Waals surface area (Å²) in [5, 5.41) is 11.9. The zero-order valence-electron chi connectivity index (χ0n) is 9.82. The minimum atomic E-state index is -0.910. The summed E-state index contributed by atoms with van der Waals surface area (Å²) in [6.07, 6.45) is 0. The van der Waals surface area contributed by atoms with Gasteiger partial charge in [-0.25, -0.2) is 0 Å². The Labute approximate surface area is 99.3 Å². The predicted octanol–water partition coefficient (Wildman–Crippen LogP) is 1.11. The van der Waals surface area contributed by atoms with E-state index in [1.165, 1.54) is 0 Å². The summed E-state index contributed by atoms with van der Waals surface area (Å²) in [7, 11) is 1.62. The number of likely N-dealkylation sites (N-methyl/N-ethyl adjacent to an activating group) is 1. The van der Waals surface area contributed by atoms with Crippen molar-refractivity contribution in [2.24, 2.45) is 0 Å². The van der Waals surface area contributed by atoms with Gasteiger partial charge in [-0.2, -0.15) is 0 Å². The highest BCUT2D eigenvalue weighted by molar-refractivity contribution is 5.76. The molecule has 1 heterocycles. The second-order valence-corrected chi connectivity index (χ2v) is 3.91. The third kappa shape index (κ3) is 2.19. The SMILES string of the molecule is CNC(C(=O)O)c1cc2c(cc1C)OCCO2. The largest absolute Gasteiger partial charge is 0.486 e. The van der Waals surface area contributed by atoms with E-state index in [9.17, 15) is 4.79 Å². The standard InChI is InChI=1S/C12H15NO4/c1-7-5-9-10(17-4-3-16-9)6-8(7)11(13-2)12(14)15/h5-6,11,13H,3-4H2,1-2H3,(H,14,15). The van der Waals surface area contributed by atoms with E-state index in [1.807, 2.05) is 13.0 Å². The number of ether oxygens (including phenoxy) is 2. The molecule has 17 heavy (non-hydrogen) atoms. The number of fused-ring (bicyclic) bond motifs is 1. The molecule has 1 aromatic carbocycles. The second-order valence-electron chi connectivity index (χ2n) is 3.91. The van der Waals surface area contributed by atoms with Gasteiger partial charge in [-0.05, 0) is 37.2 Å². The summed E-state index contributed by atoms with van der Waals surface area (Å²) in [6.45, 7) is 2.88. The van der Waals surface area contributed by atoms with Gasteiger partial charge in [0, 0.05) is 0 Å². The summed E-state index contributed by atoms with van der Waals surface area (Å²) in [5.74, 6) is 0.378. The molecular formula is C12H15NO4. The van der Waals surface area contributed by atoms with Gasteiger partial charge < -0.3 is 19.9 Å². The van der Waals surface area contributed by atoms with E-state index < -0.39 is 12.0 Å². The number of carbonyl (C=O) groups is 1. The quantitative estimate of drug-likeness (QED) is 0.824. The number of carboxylic acids is 1. The smallest absolute Gasteiger partial charge is 0.325 e. The maximum atomic E-state index is 11.1. The van der Waals surface area contributed by atoms with Crippen molar-refractivity contribution < 1.29 is 19.4 Å². The zero-order valence-corrected chi connectivity index (χ0v) is 9.82. The van der Waals surface area contributed by atoms with E-state index in [0.29, 0.717) is 30.3 Å². The first-order chi connectivity index (χ1) is 8.13. The van der Waals surface area contributed by atoms with E-state index >= 15 is 0 Å². The van der Waals surface area contributed by atoms with Crippen LogP contribution in [0.25, 0.3) is 0 Å². The van der Waals surface area contributed by atoms with E-state index in [1.54, 1.807) is 13.1 Å². The molecule has 0 fully saturated rings. The molecule has 0 radical (unpaired) electrons. The molecule has 0 aliphatic carbocycles. The molecule has 0 saturated heterocycles. The predicted molar refractivity (Wildman–Crippen MR) is 61.6 cm³/mol. The molecule has 0 spiro atoms. The Morgan fingerprint density at radius 2 is 1.94 bits per heavy atom. The Hall–Kier alpha value is -1.75. The van der Waals surface area contributed by atoms with Crippen LogP contribution in [0.5, 0.6) is 11.5 Å². The van der Waals surface area contributed by atoms with Crippen LogP contribution in [0.15, 0.2) is 12.1 Å². The van der Waals surface area contributed by atoms with Crippen molar-refractivity contribution in [3.8, 4) is 11.5 Å². The number of benzene rings is 1. The Morgan fingerprint density at radius 3 is 2.47 bits per heavy atom. The number of aryl methyl sites for hydroxylation is 1. The molecular weight excluding hydrogens is 222 g/mol. The molecule has 0 bridgehead atoms. The fourth-order valence-electron chi connectivity index (χ4n) is 1.93. The maximum absolute atomic E-state index is 11.1. The lowest BCUT2D eigenvalue weighted by molar-refractivity contribution is -0.139. The molecule has 92 valence electrons. The molecule has 1 aliphatic rings. The lowest BCUT2D eigenvalue weighted by Crippen LogP contribution is -2.26. The van der Waals surface area contributed by atoms with Gasteiger partial charge in [-0.15, -0.1) is 0 Å². The number of hydrogen-bond donors (Lipinski definition) is 2. The number of rotatable bonds is 3. The minimum Gasteiger partial charge on any atom is -0.486 e. The Morgan fingerprint density at radius 1 is 1.35 bits per heavy atom. The highest BCUT2D eigenvalue weighted by Gasteiger charge is 2.23. The van der Waals surface area contributed by atoms with Crippen LogP contribution in [0.1, 0.15) is 17.2 Å². The van der Waals surface area contributed by atoms with E-state index in [2.05, 4.69) is 5.32 Å². The molecule has 1 aromatic rings. The van der Waals surface area contributed by atoms with Crippen LogP contribution in [0.3, 0.4) is 0 Å². The van der Waals surface area contributed by atoms with Crippen molar-refractivity contribution in [3.05, 3.63) is 23.3 Å². The lowest BCUT2D eigenvalue weighted by atomic mass is 10.0. The van der Waals surface area contributed by atoms with Gasteiger partial charge in [-0.1, -0.05) is 0 Å². The lowest BCUT2D eigenvalue weighted by Gasteiger charge is -2.22. The molecule has 2 N–H and O–H groups in total. The zero-order chi connectivity index (χ0) is 12.4. The van der Waals surface area contributed by atoms with Crippen LogP contribution in [-0.2, 0) is 4.79 Å². The first-order valence-electron chi connectivity index (χ1n) is 5.43. The van der Waals surface area contributed by atoms with Crippen LogP contribution in [0, 0.1) is 6.92 Å². The van der Waals surface area contributed by atoms with Gasteiger partial charge in [0.1, 0.15) is 19.3 Å². The third-order valence-corrected chi connectivity index (χ3v) is 2.78. The summed E-state index contributed by atoms with van der Waals surface area (Å²) >= 11 is 0. The maximum Gasteiger partial charge on any atom is 0.325 e. The molecule has 1 atom stereocenters. The molecule has 1 unspecified atom stereocenters. The summed E-state index contributed by atoms with van der Waals surface area (Å²) in [6, 6.07) is 2.82. The average molecular weight is 237 g/mol. The average Bonchev–Trinajstić information content (AvgIpc) is 2.30. The van der Waals surface area contributed by atoms with Crippen molar-refractivity contribution in [1.82, 2.24) is 5.32 Å². The fraction of sp³-hybridized carbons (Fsp3) is 0.417. The van der Waals surface area contributed by atoms with Crippen LogP contribution < -0.4 is 14.8 Å². The molecule has 0 saturated carbocycles. The van der Waals surface area contributed by atoms with Crippen molar-refractivity contribution in [2.75, 3.05) is 20.3 Å². The van der Waals surface area contributed by atoms with Crippen LogP contribution in [0.4, 0.5) is 0 Å². The van der Waals surface area contributed by atoms with E-state index in [4.69, 9.17) is 14.6 Å². The van der Waals surface area contributed by atoms with Crippen molar-refractivity contribution in [3.63, 3.8) is 0 Å². The fourth-order valence-corrected chi connectivity index (χ4v) is 1.93. The topological polar surface area (TPSA) is 67.8 Å². The summed E-state index contributed by atoms with van der Waals surface area (Å²) in [4.78, 5) is 11.1. The summed E-state index contributed by atoms with van der Waals surface area (Å²) in [5.41, 5.74) is 1.57. The normalized spacial score (nSPS) is 15.4. The van der Waals surface area contributed by atoms with Crippen molar-refractivity contribution >= 4 is 5.97 Å². The Balaban J connectivity index is 2.43. The van der Waals surface area contributed by atoms with Crippen molar-refractivity contribution in [2.45, 2.75) is 13.0 Å². The molecule has 1 aliphatic heterocycles. The number of aliphatic carboxylic acids is 1. The van der Waals surface area contributed by atoms with E-state index in [-0.39, 0.29) is 0 Å². The van der Waals surface area contributed by atoms with Crippen molar-refractivity contribution in [1.29, 1.82) is 0 Å². The van der Waals surface area contributed by atoms with Gasteiger partial charge in [0.25, 0.3) is 0 Å². The van der Waals surface area contributed by atoms with Gasteiger partial charge >= 0.3 is 5.97 Å². The number of carboxylic acid groups (broad SMARTS) is 1. The highest BCUT2D eigenvalue weighted by atomic mass is 16.6. The molecule has 5 nitrogen and oxygen atoms in total. The van der Waals surface area contributed by atoms with Gasteiger partial charge in [-0.3, -0.25) is 4.79 Å². The van der Waals surface area contributed by atoms with Gasteiger partial charge in [0.05, 0.1) is 0 Å². The van der Waals surface area contributed by atoms with Gasteiger partial charge in [0.2, 0.25) is 0 Å². The number of nitrogens with one attached hydrogen (secondary N) is 1. The second kappa shape index (κ2) is 4.63. The van der Waals surface area contributed by atoms with E-state index in [0.717, 1.165) is 5.56 Å². The number of hydrogen-bond acceptors (Lipinski definition) is 4. The molecule has 2 rings (SSSR count). The molecule has 5 heteroatoms. The molecule has 0 aromatic heterocycles.